The Morgan fingerprint density at radius 3 is 2.76 bits per heavy atom. The minimum Gasteiger partial charge on any atom is -0.384 e. The zero-order valence-corrected chi connectivity index (χ0v) is 13.1. The molecule has 21 heavy (non-hydrogen) atoms. The first-order valence-electron chi connectivity index (χ1n) is 7.42. The van der Waals surface area contributed by atoms with Gasteiger partial charge in [-0.2, -0.15) is 0 Å². The van der Waals surface area contributed by atoms with E-state index in [1.54, 1.807) is 7.11 Å². The molecule has 2 unspecified atom stereocenters. The molecule has 0 bridgehead atoms. The minimum atomic E-state index is 0.220. The summed E-state index contributed by atoms with van der Waals surface area (Å²) in [5, 5.41) is 0.774. The molecule has 2 aliphatic heterocycles. The van der Waals surface area contributed by atoms with Crippen LogP contribution in [-0.4, -0.2) is 55.1 Å². The molecule has 2 heterocycles. The molecule has 0 N–H and O–H groups in total. The lowest BCUT2D eigenvalue weighted by Crippen LogP contribution is -2.54. The zero-order chi connectivity index (χ0) is 14.8. The van der Waals surface area contributed by atoms with E-state index < -0.39 is 0 Å². The van der Waals surface area contributed by atoms with Crippen LogP contribution in [0.1, 0.15) is 12.0 Å². The predicted octanol–water partition coefficient (Wildman–Crippen LogP) is 2.02. The van der Waals surface area contributed by atoms with Gasteiger partial charge in [-0.1, -0.05) is 23.7 Å². The maximum absolute atomic E-state index is 12.0. The van der Waals surface area contributed by atoms with Crippen molar-refractivity contribution in [1.82, 2.24) is 9.80 Å². The summed E-state index contributed by atoms with van der Waals surface area (Å²) in [5.41, 5.74) is 1.28. The molecular formula is C16H21ClN2O2. The van der Waals surface area contributed by atoms with Crippen LogP contribution in [0.3, 0.4) is 0 Å². The molecule has 1 aromatic carbocycles. The van der Waals surface area contributed by atoms with Crippen molar-refractivity contribution in [2.75, 3.05) is 33.4 Å². The lowest BCUT2D eigenvalue weighted by Gasteiger charge is -2.43. The third-order valence-corrected chi connectivity index (χ3v) is 4.77. The van der Waals surface area contributed by atoms with Crippen molar-refractivity contribution < 1.29 is 9.53 Å². The van der Waals surface area contributed by atoms with E-state index in [0.29, 0.717) is 25.0 Å². The second-order valence-corrected chi connectivity index (χ2v) is 6.36. The Hall–Kier alpha value is -1.10. The van der Waals surface area contributed by atoms with Crippen LogP contribution in [0.4, 0.5) is 0 Å². The molecule has 114 valence electrons. The fourth-order valence-electron chi connectivity index (χ4n) is 3.30. The van der Waals surface area contributed by atoms with Gasteiger partial charge in [0.2, 0.25) is 5.91 Å². The number of nitrogens with zero attached hydrogens (tertiary/aromatic N) is 2. The van der Waals surface area contributed by atoms with Gasteiger partial charge in [0.1, 0.15) is 0 Å². The van der Waals surface area contributed by atoms with E-state index in [4.69, 9.17) is 16.3 Å². The number of carbonyl (C=O) groups is 1. The molecule has 2 atom stereocenters. The van der Waals surface area contributed by atoms with Gasteiger partial charge in [0.05, 0.1) is 13.0 Å². The van der Waals surface area contributed by atoms with Crippen molar-refractivity contribution in [3.63, 3.8) is 0 Å². The van der Waals surface area contributed by atoms with Crippen molar-refractivity contribution >= 4 is 17.5 Å². The third kappa shape index (κ3) is 3.23. The fourth-order valence-corrected chi connectivity index (χ4v) is 3.43. The molecule has 1 amide bonds. The Balaban J connectivity index is 1.52. The third-order valence-electron chi connectivity index (χ3n) is 4.52. The van der Waals surface area contributed by atoms with Crippen LogP contribution in [0.2, 0.25) is 5.02 Å². The summed E-state index contributed by atoms with van der Waals surface area (Å²) in [6.07, 6.45) is 0.493. The van der Waals surface area contributed by atoms with E-state index in [0.717, 1.165) is 31.2 Å². The molecule has 1 aromatic rings. The molecular weight excluding hydrogens is 288 g/mol. The van der Waals surface area contributed by atoms with Gasteiger partial charge < -0.3 is 9.64 Å². The number of benzene rings is 1. The quantitative estimate of drug-likeness (QED) is 0.834. The van der Waals surface area contributed by atoms with E-state index >= 15 is 0 Å². The van der Waals surface area contributed by atoms with Gasteiger partial charge in [-0.25, -0.2) is 0 Å². The normalized spacial score (nSPS) is 24.8. The van der Waals surface area contributed by atoms with Crippen LogP contribution in [0.25, 0.3) is 0 Å². The number of amides is 1. The average Bonchev–Trinajstić information content (AvgIpc) is 2.82. The van der Waals surface area contributed by atoms with Gasteiger partial charge in [0, 0.05) is 50.3 Å². The topological polar surface area (TPSA) is 32.8 Å². The van der Waals surface area contributed by atoms with E-state index in [9.17, 15) is 4.79 Å². The lowest BCUT2D eigenvalue weighted by molar-refractivity contribution is -0.131. The number of hydrogen-bond acceptors (Lipinski definition) is 3. The molecule has 0 radical (unpaired) electrons. The van der Waals surface area contributed by atoms with Gasteiger partial charge >= 0.3 is 0 Å². The highest BCUT2D eigenvalue weighted by molar-refractivity contribution is 6.30. The molecule has 2 saturated heterocycles. The summed E-state index contributed by atoms with van der Waals surface area (Å²) in [6, 6.07) is 8.54. The van der Waals surface area contributed by atoms with E-state index in [-0.39, 0.29) is 5.91 Å². The molecule has 0 spiro atoms. The molecule has 4 nitrogen and oxygen atoms in total. The predicted molar refractivity (Wildman–Crippen MR) is 82.2 cm³/mol. The minimum absolute atomic E-state index is 0.220. The van der Waals surface area contributed by atoms with Crippen molar-refractivity contribution in [2.24, 2.45) is 5.92 Å². The number of halogens is 1. The van der Waals surface area contributed by atoms with Gasteiger partial charge in [0.15, 0.2) is 0 Å². The lowest BCUT2D eigenvalue weighted by atomic mass is 9.91. The van der Waals surface area contributed by atoms with Crippen LogP contribution in [0, 0.1) is 5.92 Å². The number of hydrogen-bond donors (Lipinski definition) is 0. The number of ether oxygens (including phenoxy) is 1. The molecule has 5 heteroatoms. The highest BCUT2D eigenvalue weighted by Crippen LogP contribution is 2.33. The van der Waals surface area contributed by atoms with Gasteiger partial charge in [-0.15, -0.1) is 0 Å². The van der Waals surface area contributed by atoms with Crippen molar-refractivity contribution in [1.29, 1.82) is 0 Å². The number of methoxy groups -OCH3 is 1. The average molecular weight is 309 g/mol. The van der Waals surface area contributed by atoms with Gasteiger partial charge in [-0.05, 0) is 17.7 Å². The van der Waals surface area contributed by atoms with E-state index in [2.05, 4.69) is 17.0 Å². The Bertz CT molecular complexity index is 506. The molecule has 0 saturated carbocycles. The summed E-state index contributed by atoms with van der Waals surface area (Å²) in [7, 11) is 1.63. The SMILES string of the molecule is COCCC(=O)N1CC2CN(Cc3ccc(Cl)cc3)C2C1. The largest absolute Gasteiger partial charge is 0.384 e. The molecule has 0 aromatic heterocycles. The summed E-state index contributed by atoms with van der Waals surface area (Å²) < 4.78 is 4.98. The summed E-state index contributed by atoms with van der Waals surface area (Å²) in [4.78, 5) is 16.5. The molecule has 2 aliphatic rings. The molecule has 2 fully saturated rings. The van der Waals surface area contributed by atoms with Crippen molar-refractivity contribution in [3.8, 4) is 0 Å². The van der Waals surface area contributed by atoms with Crippen molar-refractivity contribution in [3.05, 3.63) is 34.9 Å². The number of fused-ring (bicyclic) bond motifs is 1. The Morgan fingerprint density at radius 2 is 2.05 bits per heavy atom. The highest BCUT2D eigenvalue weighted by Gasteiger charge is 2.46. The monoisotopic (exact) mass is 308 g/mol. The summed E-state index contributed by atoms with van der Waals surface area (Å²) >= 11 is 5.91. The van der Waals surface area contributed by atoms with Crippen LogP contribution in [-0.2, 0) is 16.1 Å². The van der Waals surface area contributed by atoms with E-state index in [1.165, 1.54) is 5.56 Å². The van der Waals surface area contributed by atoms with Crippen LogP contribution >= 0.6 is 11.6 Å². The summed E-state index contributed by atoms with van der Waals surface area (Å²) in [6.45, 7) is 4.31. The first kappa shape index (κ1) is 14.8. The van der Waals surface area contributed by atoms with Crippen LogP contribution in [0.5, 0.6) is 0 Å². The van der Waals surface area contributed by atoms with Crippen molar-refractivity contribution in [2.45, 2.75) is 19.0 Å². The van der Waals surface area contributed by atoms with Gasteiger partial charge in [0.25, 0.3) is 0 Å². The number of rotatable bonds is 5. The maximum Gasteiger partial charge on any atom is 0.224 e. The second-order valence-electron chi connectivity index (χ2n) is 5.92. The maximum atomic E-state index is 12.0. The Kier molecular flexibility index (Phi) is 4.48. The first-order chi connectivity index (χ1) is 10.2. The van der Waals surface area contributed by atoms with Gasteiger partial charge in [-0.3, -0.25) is 9.69 Å². The number of carbonyl (C=O) groups excluding carboxylic acids is 1. The molecule has 3 rings (SSSR count). The first-order valence-corrected chi connectivity index (χ1v) is 7.80. The summed E-state index contributed by atoms with van der Waals surface area (Å²) in [5.74, 6) is 0.862. The Morgan fingerprint density at radius 1 is 1.29 bits per heavy atom. The molecule has 0 aliphatic carbocycles. The smallest absolute Gasteiger partial charge is 0.224 e. The van der Waals surface area contributed by atoms with Crippen LogP contribution < -0.4 is 0 Å². The highest BCUT2D eigenvalue weighted by atomic mass is 35.5. The second kappa shape index (κ2) is 6.34. The standard InChI is InChI=1S/C16H21ClN2O2/c1-21-7-6-16(20)19-10-13-9-18(15(13)11-19)8-12-2-4-14(17)5-3-12/h2-5,13,15H,6-11H2,1H3. The Labute approximate surface area is 130 Å². The zero-order valence-electron chi connectivity index (χ0n) is 12.3. The van der Waals surface area contributed by atoms with Crippen LogP contribution in [0.15, 0.2) is 24.3 Å². The van der Waals surface area contributed by atoms with E-state index in [1.807, 2.05) is 17.0 Å². The number of likely N-dealkylation sites (tertiary alicyclic amines) is 2. The fraction of sp³-hybridized carbons (Fsp3) is 0.562.